The molecule has 3 N–H and O–H groups in total. The van der Waals surface area contributed by atoms with E-state index in [2.05, 4.69) is 9.97 Å². The summed E-state index contributed by atoms with van der Waals surface area (Å²) in [6.45, 7) is 0. The summed E-state index contributed by atoms with van der Waals surface area (Å²) in [5, 5.41) is 0. The highest BCUT2D eigenvalue weighted by atomic mass is 16.1. The third-order valence-corrected chi connectivity index (χ3v) is 3.47. The molecule has 0 bridgehead atoms. The number of H-pyrrole nitrogens is 1. The van der Waals surface area contributed by atoms with Crippen LogP contribution in [0.1, 0.15) is 17.0 Å². The maximum Gasteiger partial charge on any atom is 0.225 e. The van der Waals surface area contributed by atoms with Gasteiger partial charge in [0.25, 0.3) is 0 Å². The van der Waals surface area contributed by atoms with Crippen molar-refractivity contribution in [3.63, 3.8) is 0 Å². The SMILES string of the molecule is NC(=O)C(Cc1ccccc1)c1ccc2nc[nH]c2c1. The number of rotatable bonds is 4. The lowest BCUT2D eigenvalue weighted by atomic mass is 9.91. The number of fused-ring (bicyclic) bond motifs is 1. The molecule has 0 radical (unpaired) electrons. The highest BCUT2D eigenvalue weighted by Crippen LogP contribution is 2.23. The van der Waals surface area contributed by atoms with E-state index < -0.39 is 0 Å². The highest BCUT2D eigenvalue weighted by Gasteiger charge is 2.19. The van der Waals surface area contributed by atoms with Gasteiger partial charge in [-0.3, -0.25) is 4.79 Å². The van der Waals surface area contributed by atoms with Crippen LogP contribution in [0.2, 0.25) is 0 Å². The third-order valence-electron chi connectivity index (χ3n) is 3.47. The van der Waals surface area contributed by atoms with Gasteiger partial charge in [-0.25, -0.2) is 4.98 Å². The smallest absolute Gasteiger partial charge is 0.225 e. The summed E-state index contributed by atoms with van der Waals surface area (Å²) >= 11 is 0. The molecule has 20 heavy (non-hydrogen) atoms. The van der Waals surface area contributed by atoms with Gasteiger partial charge < -0.3 is 10.7 Å². The number of hydrogen-bond donors (Lipinski definition) is 2. The third kappa shape index (κ3) is 2.40. The number of carbonyl (C=O) groups excluding carboxylic acids is 1. The number of carbonyl (C=O) groups is 1. The van der Waals surface area contributed by atoms with E-state index in [4.69, 9.17) is 5.73 Å². The second kappa shape index (κ2) is 5.17. The Kier molecular flexibility index (Phi) is 3.21. The van der Waals surface area contributed by atoms with Crippen molar-refractivity contribution in [3.8, 4) is 0 Å². The Morgan fingerprint density at radius 3 is 2.75 bits per heavy atom. The van der Waals surface area contributed by atoms with E-state index >= 15 is 0 Å². The van der Waals surface area contributed by atoms with E-state index in [1.54, 1.807) is 6.33 Å². The first-order chi connectivity index (χ1) is 9.74. The van der Waals surface area contributed by atoms with Gasteiger partial charge in [-0.15, -0.1) is 0 Å². The fourth-order valence-electron chi connectivity index (χ4n) is 2.40. The van der Waals surface area contributed by atoms with Gasteiger partial charge in [0.2, 0.25) is 5.91 Å². The largest absolute Gasteiger partial charge is 0.369 e. The molecule has 1 atom stereocenters. The van der Waals surface area contributed by atoms with Crippen molar-refractivity contribution in [3.05, 3.63) is 66.0 Å². The normalized spacial score (nSPS) is 12.4. The van der Waals surface area contributed by atoms with E-state index in [0.29, 0.717) is 6.42 Å². The van der Waals surface area contributed by atoms with Crippen molar-refractivity contribution in [2.75, 3.05) is 0 Å². The van der Waals surface area contributed by atoms with Crippen LogP contribution >= 0.6 is 0 Å². The highest BCUT2D eigenvalue weighted by molar-refractivity contribution is 5.84. The predicted octanol–water partition coefficient (Wildman–Crippen LogP) is 2.37. The average molecular weight is 265 g/mol. The maximum atomic E-state index is 11.8. The quantitative estimate of drug-likeness (QED) is 0.760. The average Bonchev–Trinajstić information content (AvgIpc) is 2.93. The molecule has 4 nitrogen and oxygen atoms in total. The lowest BCUT2D eigenvalue weighted by molar-refractivity contribution is -0.119. The Morgan fingerprint density at radius 2 is 2.00 bits per heavy atom. The number of amides is 1. The first-order valence-corrected chi connectivity index (χ1v) is 6.50. The number of aromatic nitrogens is 2. The molecule has 0 aliphatic carbocycles. The molecule has 0 aliphatic rings. The summed E-state index contributed by atoms with van der Waals surface area (Å²) in [6.07, 6.45) is 2.25. The zero-order valence-corrected chi connectivity index (χ0v) is 10.9. The zero-order valence-electron chi connectivity index (χ0n) is 10.9. The molecule has 1 unspecified atom stereocenters. The molecule has 100 valence electrons. The summed E-state index contributed by atoms with van der Waals surface area (Å²) in [4.78, 5) is 19.0. The van der Waals surface area contributed by atoms with Crippen molar-refractivity contribution >= 4 is 16.9 Å². The van der Waals surface area contributed by atoms with Crippen molar-refractivity contribution in [2.24, 2.45) is 5.73 Å². The minimum Gasteiger partial charge on any atom is -0.369 e. The maximum absolute atomic E-state index is 11.8. The molecule has 3 rings (SSSR count). The second-order valence-corrected chi connectivity index (χ2v) is 4.82. The number of hydrogen-bond acceptors (Lipinski definition) is 2. The molecule has 4 heteroatoms. The van der Waals surface area contributed by atoms with E-state index in [1.807, 2.05) is 48.5 Å². The Hall–Kier alpha value is -2.62. The first kappa shape index (κ1) is 12.4. The monoisotopic (exact) mass is 265 g/mol. The Balaban J connectivity index is 1.95. The van der Waals surface area contributed by atoms with Gasteiger partial charge in [0.1, 0.15) is 0 Å². The van der Waals surface area contributed by atoms with Gasteiger partial charge in [-0.05, 0) is 29.7 Å². The Bertz CT molecular complexity index is 734. The van der Waals surface area contributed by atoms with Crippen molar-refractivity contribution in [1.82, 2.24) is 9.97 Å². The number of primary amides is 1. The van der Waals surface area contributed by atoms with Crippen LogP contribution in [-0.4, -0.2) is 15.9 Å². The molecule has 1 heterocycles. The van der Waals surface area contributed by atoms with Gasteiger partial charge in [0.15, 0.2) is 0 Å². The Morgan fingerprint density at radius 1 is 1.20 bits per heavy atom. The van der Waals surface area contributed by atoms with Crippen molar-refractivity contribution in [1.29, 1.82) is 0 Å². The molecular weight excluding hydrogens is 250 g/mol. The molecule has 1 amide bonds. The lowest BCUT2D eigenvalue weighted by Gasteiger charge is -2.14. The first-order valence-electron chi connectivity index (χ1n) is 6.50. The number of benzene rings is 2. The van der Waals surface area contributed by atoms with Crippen LogP contribution < -0.4 is 5.73 Å². The molecule has 2 aromatic carbocycles. The van der Waals surface area contributed by atoms with E-state index in [-0.39, 0.29) is 11.8 Å². The number of nitrogens with zero attached hydrogens (tertiary/aromatic N) is 1. The van der Waals surface area contributed by atoms with Crippen LogP contribution in [0.5, 0.6) is 0 Å². The number of aromatic amines is 1. The second-order valence-electron chi connectivity index (χ2n) is 4.82. The van der Waals surface area contributed by atoms with E-state index in [9.17, 15) is 4.79 Å². The molecule has 0 saturated carbocycles. The number of nitrogens with one attached hydrogen (secondary N) is 1. The fourth-order valence-corrected chi connectivity index (χ4v) is 2.40. The lowest BCUT2D eigenvalue weighted by Crippen LogP contribution is -2.23. The van der Waals surface area contributed by atoms with Crippen LogP contribution in [0.25, 0.3) is 11.0 Å². The fraction of sp³-hybridized carbons (Fsp3) is 0.125. The van der Waals surface area contributed by atoms with Crippen LogP contribution in [0.3, 0.4) is 0 Å². The van der Waals surface area contributed by atoms with Gasteiger partial charge in [-0.1, -0.05) is 36.4 Å². The predicted molar refractivity (Wildman–Crippen MR) is 78.2 cm³/mol. The van der Waals surface area contributed by atoms with Crippen molar-refractivity contribution in [2.45, 2.75) is 12.3 Å². The summed E-state index contributed by atoms with van der Waals surface area (Å²) in [5.41, 5.74) is 9.39. The van der Waals surface area contributed by atoms with Gasteiger partial charge >= 0.3 is 0 Å². The molecule has 0 aliphatic heterocycles. The van der Waals surface area contributed by atoms with Crippen LogP contribution in [-0.2, 0) is 11.2 Å². The summed E-state index contributed by atoms with van der Waals surface area (Å²) in [7, 11) is 0. The number of nitrogens with two attached hydrogens (primary N) is 1. The van der Waals surface area contributed by atoms with E-state index in [1.165, 1.54) is 0 Å². The summed E-state index contributed by atoms with van der Waals surface area (Å²) in [5.74, 6) is -0.641. The van der Waals surface area contributed by atoms with Gasteiger partial charge in [0, 0.05) is 0 Å². The van der Waals surface area contributed by atoms with E-state index in [0.717, 1.165) is 22.2 Å². The molecule has 1 aromatic heterocycles. The number of imidazole rings is 1. The van der Waals surface area contributed by atoms with Gasteiger partial charge in [0.05, 0.1) is 23.3 Å². The van der Waals surface area contributed by atoms with Crippen LogP contribution in [0, 0.1) is 0 Å². The summed E-state index contributed by atoms with van der Waals surface area (Å²) in [6, 6.07) is 15.7. The van der Waals surface area contributed by atoms with Gasteiger partial charge in [-0.2, -0.15) is 0 Å². The molecule has 0 saturated heterocycles. The standard InChI is InChI=1S/C16H15N3O/c17-16(20)13(8-11-4-2-1-3-5-11)12-6-7-14-15(9-12)19-10-18-14/h1-7,9-10,13H,8H2,(H2,17,20)(H,18,19). The topological polar surface area (TPSA) is 71.8 Å². The molecular formula is C16H15N3O. The zero-order chi connectivity index (χ0) is 13.9. The van der Waals surface area contributed by atoms with Crippen LogP contribution in [0.4, 0.5) is 0 Å². The summed E-state index contributed by atoms with van der Waals surface area (Å²) < 4.78 is 0. The minimum absolute atomic E-state index is 0.312. The molecule has 3 aromatic rings. The minimum atomic E-state index is -0.329. The van der Waals surface area contributed by atoms with Crippen LogP contribution in [0.15, 0.2) is 54.9 Å². The molecule has 0 fully saturated rings. The van der Waals surface area contributed by atoms with Crippen molar-refractivity contribution < 1.29 is 4.79 Å². The molecule has 0 spiro atoms. The Labute approximate surface area is 116 Å².